The highest BCUT2D eigenvalue weighted by Crippen LogP contribution is 2.31. The Hall–Kier alpha value is -5.26. The SMILES string of the molecule is CCOC(=O)C1=C(COC(=O)c2ccc3c(c2)C(=O)N(c2ccc(F)cc2)C3=O)NC(=O)N[C@H]1c1ccc(C)o1. The molecule has 3 aromatic rings. The second-order valence-corrected chi connectivity index (χ2v) is 8.85. The molecule has 40 heavy (non-hydrogen) atoms. The average Bonchev–Trinajstić information content (AvgIpc) is 3.47. The fraction of sp³-hybridized carbons (Fsp3) is 0.179. The molecule has 1 aromatic heterocycles. The summed E-state index contributed by atoms with van der Waals surface area (Å²) in [6, 6.07) is 10.3. The molecule has 2 N–H and O–H groups in total. The van der Waals surface area contributed by atoms with Crippen LogP contribution in [0.15, 0.2) is 70.3 Å². The van der Waals surface area contributed by atoms with Crippen molar-refractivity contribution in [1.29, 1.82) is 0 Å². The molecule has 0 aliphatic carbocycles. The number of nitrogens with one attached hydrogen (secondary N) is 2. The molecular formula is C28H22FN3O8. The van der Waals surface area contributed by atoms with Gasteiger partial charge in [-0.2, -0.15) is 0 Å². The van der Waals surface area contributed by atoms with Crippen LogP contribution < -0.4 is 15.5 Å². The molecule has 2 aliphatic rings. The van der Waals surface area contributed by atoms with Gasteiger partial charge in [-0.3, -0.25) is 9.59 Å². The maximum Gasteiger partial charge on any atom is 0.338 e. The third kappa shape index (κ3) is 4.82. The standard InChI is InChI=1S/C28H22FN3O8/c1-3-38-27(36)22-20(30-28(37)31-23(22)21-11-4-14(2)40-21)13-39-26(35)15-5-10-18-19(12-15)25(34)32(24(18)33)17-8-6-16(29)7-9-17/h4-12,23H,3,13H2,1-2H3,(H2,30,31,37)/t23-/m0/s1. The topological polar surface area (TPSA) is 144 Å². The highest BCUT2D eigenvalue weighted by Gasteiger charge is 2.38. The first-order valence-electron chi connectivity index (χ1n) is 12.2. The minimum Gasteiger partial charge on any atom is -0.464 e. The molecule has 11 nitrogen and oxygen atoms in total. The Morgan fingerprint density at radius 3 is 2.35 bits per heavy atom. The molecule has 1 atom stereocenters. The minimum atomic E-state index is -0.990. The number of aryl methyl sites for hydroxylation is 1. The number of furan rings is 1. The predicted octanol–water partition coefficient (Wildman–Crippen LogP) is 3.56. The van der Waals surface area contributed by atoms with Crippen LogP contribution in [0, 0.1) is 12.7 Å². The smallest absolute Gasteiger partial charge is 0.338 e. The Balaban J connectivity index is 1.39. The van der Waals surface area contributed by atoms with Crippen LogP contribution in [0.5, 0.6) is 0 Å². The summed E-state index contributed by atoms with van der Waals surface area (Å²) in [4.78, 5) is 64.9. The zero-order valence-electron chi connectivity index (χ0n) is 21.3. The Labute approximate surface area is 226 Å². The lowest BCUT2D eigenvalue weighted by Crippen LogP contribution is -2.47. The second-order valence-electron chi connectivity index (χ2n) is 8.85. The average molecular weight is 547 g/mol. The van der Waals surface area contributed by atoms with Crippen LogP contribution in [-0.2, 0) is 14.3 Å². The quantitative estimate of drug-likeness (QED) is 0.338. The number of ether oxygens (including phenoxy) is 2. The number of benzene rings is 2. The van der Waals surface area contributed by atoms with Gasteiger partial charge in [0.1, 0.15) is 30.0 Å². The molecule has 3 heterocycles. The van der Waals surface area contributed by atoms with Crippen LogP contribution in [0.25, 0.3) is 0 Å². The lowest BCUT2D eigenvalue weighted by molar-refractivity contribution is -0.139. The van der Waals surface area contributed by atoms with Crippen molar-refractivity contribution in [3.05, 3.63) is 99.9 Å². The molecule has 0 spiro atoms. The Morgan fingerprint density at radius 1 is 0.950 bits per heavy atom. The molecule has 204 valence electrons. The first-order chi connectivity index (χ1) is 19.2. The van der Waals surface area contributed by atoms with E-state index in [2.05, 4.69) is 10.6 Å². The predicted molar refractivity (Wildman–Crippen MR) is 136 cm³/mol. The van der Waals surface area contributed by atoms with Gasteiger partial charge < -0.3 is 24.5 Å². The highest BCUT2D eigenvalue weighted by molar-refractivity contribution is 6.34. The first kappa shape index (κ1) is 26.4. The number of carbonyl (C=O) groups excluding carboxylic acids is 5. The van der Waals surface area contributed by atoms with Gasteiger partial charge in [-0.05, 0) is 68.4 Å². The van der Waals surface area contributed by atoms with Crippen molar-refractivity contribution < 1.29 is 42.3 Å². The van der Waals surface area contributed by atoms with Gasteiger partial charge in [0.2, 0.25) is 0 Å². The van der Waals surface area contributed by atoms with Crippen molar-refractivity contribution in [3.8, 4) is 0 Å². The Bertz CT molecular complexity index is 1590. The molecule has 5 rings (SSSR count). The number of fused-ring (bicyclic) bond motifs is 1. The molecule has 12 heteroatoms. The van der Waals surface area contributed by atoms with Gasteiger partial charge in [0.15, 0.2) is 0 Å². The van der Waals surface area contributed by atoms with E-state index in [0.717, 1.165) is 17.0 Å². The number of rotatable bonds is 7. The van der Waals surface area contributed by atoms with Gasteiger partial charge in [-0.25, -0.2) is 23.7 Å². The fourth-order valence-corrected chi connectivity index (χ4v) is 4.42. The zero-order chi connectivity index (χ0) is 28.6. The van der Waals surface area contributed by atoms with Crippen molar-refractivity contribution in [1.82, 2.24) is 10.6 Å². The number of hydrogen-bond acceptors (Lipinski definition) is 8. The lowest BCUT2D eigenvalue weighted by Gasteiger charge is -2.27. The van der Waals surface area contributed by atoms with Crippen molar-refractivity contribution in [3.63, 3.8) is 0 Å². The van der Waals surface area contributed by atoms with Crippen LogP contribution in [0.1, 0.15) is 55.6 Å². The van der Waals surface area contributed by atoms with Crippen molar-refractivity contribution in [2.45, 2.75) is 19.9 Å². The minimum absolute atomic E-state index is 0.00623. The fourth-order valence-electron chi connectivity index (χ4n) is 4.42. The van der Waals surface area contributed by atoms with Crippen LogP contribution >= 0.6 is 0 Å². The normalized spacial score (nSPS) is 16.4. The largest absolute Gasteiger partial charge is 0.464 e. The van der Waals surface area contributed by atoms with Crippen LogP contribution in [0.4, 0.5) is 14.9 Å². The Morgan fingerprint density at radius 2 is 1.68 bits per heavy atom. The van der Waals surface area contributed by atoms with Crippen molar-refractivity contribution in [2.75, 3.05) is 18.1 Å². The number of hydrogen-bond donors (Lipinski definition) is 2. The molecule has 0 radical (unpaired) electrons. The van der Waals surface area contributed by atoms with Gasteiger partial charge in [-0.1, -0.05) is 0 Å². The molecule has 0 unspecified atom stereocenters. The number of urea groups is 1. The summed E-state index contributed by atoms with van der Waals surface area (Å²) < 4.78 is 29.5. The third-order valence-electron chi connectivity index (χ3n) is 6.25. The van der Waals surface area contributed by atoms with Crippen molar-refractivity contribution in [2.24, 2.45) is 0 Å². The molecule has 2 aliphatic heterocycles. The number of carbonyl (C=O) groups is 5. The van der Waals surface area contributed by atoms with Crippen LogP contribution in [-0.4, -0.2) is 43.0 Å². The molecule has 2 aromatic carbocycles. The van der Waals surface area contributed by atoms with Gasteiger partial charge in [0.25, 0.3) is 11.8 Å². The summed E-state index contributed by atoms with van der Waals surface area (Å²) in [6.07, 6.45) is 0. The second kappa shape index (κ2) is 10.5. The summed E-state index contributed by atoms with van der Waals surface area (Å²) in [5.41, 5.74) is 0.160. The van der Waals surface area contributed by atoms with E-state index in [1.54, 1.807) is 26.0 Å². The summed E-state index contributed by atoms with van der Waals surface area (Å²) in [5.74, 6) is -2.61. The summed E-state index contributed by atoms with van der Waals surface area (Å²) in [5, 5.41) is 5.08. The Kier molecular flexibility index (Phi) is 6.91. The lowest BCUT2D eigenvalue weighted by atomic mass is 10.0. The number of esters is 2. The van der Waals surface area contributed by atoms with Gasteiger partial charge in [-0.15, -0.1) is 0 Å². The summed E-state index contributed by atoms with van der Waals surface area (Å²) in [6.45, 7) is 2.87. The first-order valence-corrected chi connectivity index (χ1v) is 12.2. The van der Waals surface area contributed by atoms with Gasteiger partial charge >= 0.3 is 18.0 Å². The van der Waals surface area contributed by atoms with Crippen molar-refractivity contribution >= 4 is 35.5 Å². The monoisotopic (exact) mass is 547 g/mol. The van der Waals surface area contributed by atoms with E-state index in [1.165, 1.54) is 30.3 Å². The van der Waals surface area contributed by atoms with Crippen LogP contribution in [0.2, 0.25) is 0 Å². The summed E-state index contributed by atoms with van der Waals surface area (Å²) >= 11 is 0. The van der Waals surface area contributed by atoms with Crippen LogP contribution in [0.3, 0.4) is 0 Å². The van der Waals surface area contributed by atoms with E-state index in [0.29, 0.717) is 5.76 Å². The van der Waals surface area contributed by atoms with E-state index < -0.39 is 48.3 Å². The number of halogens is 1. The maximum atomic E-state index is 13.3. The molecule has 0 bridgehead atoms. The van der Waals surface area contributed by atoms with E-state index in [-0.39, 0.29) is 46.0 Å². The van der Waals surface area contributed by atoms with Gasteiger partial charge in [0.05, 0.1) is 40.3 Å². The number of anilines is 1. The third-order valence-corrected chi connectivity index (χ3v) is 6.25. The molecule has 0 saturated heterocycles. The number of amides is 4. The van der Waals surface area contributed by atoms with E-state index in [1.807, 2.05) is 0 Å². The van der Waals surface area contributed by atoms with E-state index >= 15 is 0 Å². The molecule has 0 fully saturated rings. The number of imide groups is 1. The van der Waals surface area contributed by atoms with Gasteiger partial charge in [0, 0.05) is 0 Å². The highest BCUT2D eigenvalue weighted by atomic mass is 19.1. The zero-order valence-corrected chi connectivity index (χ0v) is 21.3. The maximum absolute atomic E-state index is 13.3. The molecular weight excluding hydrogens is 525 g/mol. The number of nitrogens with zero attached hydrogens (tertiary/aromatic N) is 1. The molecule has 4 amide bonds. The van der Waals surface area contributed by atoms with E-state index in [4.69, 9.17) is 13.9 Å². The summed E-state index contributed by atoms with van der Waals surface area (Å²) in [7, 11) is 0. The van der Waals surface area contributed by atoms with E-state index in [9.17, 15) is 28.4 Å². The molecule has 0 saturated carbocycles.